The van der Waals surface area contributed by atoms with E-state index in [1.165, 1.54) is 12.1 Å². The van der Waals surface area contributed by atoms with Crippen molar-refractivity contribution in [2.75, 3.05) is 0 Å². The highest BCUT2D eigenvalue weighted by atomic mass is 19.3. The predicted molar refractivity (Wildman–Crippen MR) is 69.7 cm³/mol. The molecule has 0 aromatic heterocycles. The first-order valence-electron chi connectivity index (χ1n) is 6.76. The Hall–Kier alpha value is -1.03. The highest BCUT2D eigenvalue weighted by Crippen LogP contribution is 2.37. The van der Waals surface area contributed by atoms with Crippen LogP contribution in [0.15, 0.2) is 18.2 Å². The standard InChI is InChI=1S/C15H20F3N/c1-10-8-13(16)3-2-12(10)9-14(19)11-4-6-15(17,18)7-5-11/h2-3,8,11,14H,4-7,9,19H2,1H3. The molecule has 106 valence electrons. The van der Waals surface area contributed by atoms with Gasteiger partial charge in [-0.25, -0.2) is 13.2 Å². The lowest BCUT2D eigenvalue weighted by Gasteiger charge is -2.32. The van der Waals surface area contributed by atoms with E-state index in [1.54, 1.807) is 6.07 Å². The smallest absolute Gasteiger partial charge is 0.248 e. The van der Waals surface area contributed by atoms with Crippen LogP contribution in [0.25, 0.3) is 0 Å². The Balaban J connectivity index is 1.96. The minimum Gasteiger partial charge on any atom is -0.327 e. The van der Waals surface area contributed by atoms with Crippen LogP contribution in [0.5, 0.6) is 0 Å². The van der Waals surface area contributed by atoms with Crippen LogP contribution in [0, 0.1) is 18.7 Å². The highest BCUT2D eigenvalue weighted by Gasteiger charge is 2.36. The molecule has 1 aromatic rings. The summed E-state index contributed by atoms with van der Waals surface area (Å²) < 4.78 is 39.2. The van der Waals surface area contributed by atoms with Crippen LogP contribution in [-0.4, -0.2) is 12.0 Å². The molecule has 1 saturated carbocycles. The topological polar surface area (TPSA) is 26.0 Å². The molecule has 0 amide bonds. The molecular weight excluding hydrogens is 251 g/mol. The lowest BCUT2D eigenvalue weighted by molar-refractivity contribution is -0.0481. The van der Waals surface area contributed by atoms with E-state index in [-0.39, 0.29) is 30.6 Å². The summed E-state index contributed by atoms with van der Waals surface area (Å²) in [5.74, 6) is -2.63. The Kier molecular flexibility index (Phi) is 4.19. The molecular formula is C15H20F3N. The molecule has 2 N–H and O–H groups in total. The Morgan fingerprint density at radius 1 is 1.32 bits per heavy atom. The first kappa shape index (κ1) is 14.4. The number of aryl methyl sites for hydroxylation is 1. The SMILES string of the molecule is Cc1cc(F)ccc1CC(N)C1CCC(F)(F)CC1. The number of benzene rings is 1. The molecule has 1 fully saturated rings. The van der Waals surface area contributed by atoms with E-state index in [0.29, 0.717) is 19.3 Å². The largest absolute Gasteiger partial charge is 0.327 e. The van der Waals surface area contributed by atoms with Crippen LogP contribution < -0.4 is 5.73 Å². The summed E-state index contributed by atoms with van der Waals surface area (Å²) in [6, 6.07) is 4.52. The molecule has 19 heavy (non-hydrogen) atoms. The zero-order valence-corrected chi connectivity index (χ0v) is 11.1. The van der Waals surface area contributed by atoms with Gasteiger partial charge >= 0.3 is 0 Å². The third-order valence-electron chi connectivity index (χ3n) is 4.13. The van der Waals surface area contributed by atoms with E-state index in [1.807, 2.05) is 6.92 Å². The summed E-state index contributed by atoms with van der Waals surface area (Å²) in [7, 11) is 0. The summed E-state index contributed by atoms with van der Waals surface area (Å²) in [5, 5.41) is 0. The lowest BCUT2D eigenvalue weighted by Crippen LogP contribution is -2.37. The molecule has 1 unspecified atom stereocenters. The van der Waals surface area contributed by atoms with Crippen LogP contribution in [0.4, 0.5) is 13.2 Å². The molecule has 4 heteroatoms. The Morgan fingerprint density at radius 3 is 2.53 bits per heavy atom. The van der Waals surface area contributed by atoms with Gasteiger partial charge in [-0.05, 0) is 55.4 Å². The molecule has 2 rings (SSSR count). The van der Waals surface area contributed by atoms with Crippen molar-refractivity contribution in [1.82, 2.24) is 0 Å². The van der Waals surface area contributed by atoms with E-state index in [4.69, 9.17) is 5.73 Å². The van der Waals surface area contributed by atoms with E-state index in [2.05, 4.69) is 0 Å². The summed E-state index contributed by atoms with van der Waals surface area (Å²) in [5.41, 5.74) is 8.01. The fourth-order valence-electron chi connectivity index (χ4n) is 2.80. The highest BCUT2D eigenvalue weighted by molar-refractivity contribution is 5.27. The maximum Gasteiger partial charge on any atom is 0.248 e. The van der Waals surface area contributed by atoms with Crippen molar-refractivity contribution in [1.29, 1.82) is 0 Å². The number of halogens is 3. The summed E-state index contributed by atoms with van der Waals surface area (Å²) in [6.45, 7) is 1.85. The molecule has 0 heterocycles. The predicted octanol–water partition coefficient (Wildman–Crippen LogP) is 3.83. The van der Waals surface area contributed by atoms with Crippen molar-refractivity contribution in [3.8, 4) is 0 Å². The van der Waals surface area contributed by atoms with Gasteiger partial charge in [-0.1, -0.05) is 6.07 Å². The van der Waals surface area contributed by atoms with Gasteiger partial charge in [0, 0.05) is 18.9 Å². The van der Waals surface area contributed by atoms with Gasteiger partial charge in [0.25, 0.3) is 0 Å². The van der Waals surface area contributed by atoms with Gasteiger partial charge < -0.3 is 5.73 Å². The number of hydrogen-bond donors (Lipinski definition) is 1. The zero-order valence-electron chi connectivity index (χ0n) is 11.1. The molecule has 1 nitrogen and oxygen atoms in total. The Morgan fingerprint density at radius 2 is 1.95 bits per heavy atom. The second-order valence-electron chi connectivity index (χ2n) is 5.63. The molecule has 0 saturated heterocycles. The maximum absolute atomic E-state index is 13.1. The van der Waals surface area contributed by atoms with Gasteiger partial charge in [-0.15, -0.1) is 0 Å². The fourth-order valence-corrected chi connectivity index (χ4v) is 2.80. The van der Waals surface area contributed by atoms with Crippen LogP contribution in [0.3, 0.4) is 0 Å². The first-order chi connectivity index (χ1) is 8.87. The molecule has 1 aliphatic rings. The average molecular weight is 271 g/mol. The van der Waals surface area contributed by atoms with Gasteiger partial charge in [0.15, 0.2) is 0 Å². The van der Waals surface area contributed by atoms with Gasteiger partial charge in [0.05, 0.1) is 0 Å². The Labute approximate surface area is 112 Å². The minimum absolute atomic E-state index is 0.0617. The van der Waals surface area contributed by atoms with Crippen molar-refractivity contribution in [2.24, 2.45) is 11.7 Å². The van der Waals surface area contributed by atoms with Crippen molar-refractivity contribution < 1.29 is 13.2 Å². The van der Waals surface area contributed by atoms with E-state index >= 15 is 0 Å². The van der Waals surface area contributed by atoms with Crippen LogP contribution in [0.1, 0.15) is 36.8 Å². The van der Waals surface area contributed by atoms with Gasteiger partial charge in [-0.3, -0.25) is 0 Å². The average Bonchev–Trinajstić information content (AvgIpc) is 2.32. The molecule has 0 spiro atoms. The quantitative estimate of drug-likeness (QED) is 0.888. The van der Waals surface area contributed by atoms with Gasteiger partial charge in [0.1, 0.15) is 5.82 Å². The minimum atomic E-state index is -2.51. The number of hydrogen-bond acceptors (Lipinski definition) is 1. The first-order valence-corrected chi connectivity index (χ1v) is 6.76. The molecule has 0 aliphatic heterocycles. The fraction of sp³-hybridized carbons (Fsp3) is 0.600. The van der Waals surface area contributed by atoms with Gasteiger partial charge in [-0.2, -0.15) is 0 Å². The Bertz CT molecular complexity index is 435. The third kappa shape index (κ3) is 3.72. The lowest BCUT2D eigenvalue weighted by atomic mass is 9.80. The molecule has 1 aliphatic carbocycles. The van der Waals surface area contributed by atoms with Crippen molar-refractivity contribution in [3.05, 3.63) is 35.1 Å². The molecule has 1 aromatic carbocycles. The normalized spacial score (nSPS) is 21.3. The van der Waals surface area contributed by atoms with Crippen molar-refractivity contribution in [3.63, 3.8) is 0 Å². The zero-order chi connectivity index (χ0) is 14.0. The maximum atomic E-state index is 13.1. The van der Waals surface area contributed by atoms with Crippen LogP contribution in [0.2, 0.25) is 0 Å². The third-order valence-corrected chi connectivity index (χ3v) is 4.13. The summed E-state index contributed by atoms with van der Waals surface area (Å²) in [4.78, 5) is 0. The van der Waals surface area contributed by atoms with Crippen molar-refractivity contribution >= 4 is 0 Å². The summed E-state index contributed by atoms with van der Waals surface area (Å²) >= 11 is 0. The van der Waals surface area contributed by atoms with E-state index in [0.717, 1.165) is 11.1 Å². The van der Waals surface area contributed by atoms with Crippen LogP contribution >= 0.6 is 0 Å². The molecule has 0 radical (unpaired) electrons. The number of nitrogens with two attached hydrogens (primary N) is 1. The number of alkyl halides is 2. The van der Waals surface area contributed by atoms with E-state index < -0.39 is 5.92 Å². The molecule has 0 bridgehead atoms. The van der Waals surface area contributed by atoms with Crippen LogP contribution in [-0.2, 0) is 6.42 Å². The summed E-state index contributed by atoms with van der Waals surface area (Å²) in [6.07, 6.45) is 1.46. The van der Waals surface area contributed by atoms with Gasteiger partial charge in [0.2, 0.25) is 5.92 Å². The second kappa shape index (κ2) is 5.53. The monoisotopic (exact) mass is 271 g/mol. The van der Waals surface area contributed by atoms with Crippen molar-refractivity contribution in [2.45, 2.75) is 51.0 Å². The molecule has 1 atom stereocenters. The second-order valence-corrected chi connectivity index (χ2v) is 5.63. The van der Waals surface area contributed by atoms with E-state index in [9.17, 15) is 13.2 Å². The number of rotatable bonds is 3.